The van der Waals surface area contributed by atoms with E-state index in [0.717, 1.165) is 0 Å². The molecule has 0 unspecified atom stereocenters. The second-order valence-electron chi connectivity index (χ2n) is 2.66. The third-order valence-electron chi connectivity index (χ3n) is 1.63. The number of carbonyl (C=O) groups excluding carboxylic acids is 1. The lowest BCUT2D eigenvalue weighted by Gasteiger charge is -2.00. The standard InChI is InChI=1S/C8H10N2O3S/c9-10-8(11)7-3-1-2-6(4-7)5-14(12)13/h1-4,14H,5,9H2,(H,10,11). The molecular weight excluding hydrogens is 204 g/mol. The molecule has 1 aromatic carbocycles. The van der Waals surface area contributed by atoms with E-state index in [4.69, 9.17) is 5.84 Å². The van der Waals surface area contributed by atoms with Crippen LogP contribution in [0.4, 0.5) is 0 Å². The molecule has 0 saturated heterocycles. The first-order valence-corrected chi connectivity index (χ1v) is 5.21. The maximum Gasteiger partial charge on any atom is 0.265 e. The molecule has 1 aromatic rings. The zero-order valence-electron chi connectivity index (χ0n) is 7.27. The van der Waals surface area contributed by atoms with Gasteiger partial charge in [-0.1, -0.05) is 12.1 Å². The second-order valence-corrected chi connectivity index (χ2v) is 3.65. The molecule has 0 atom stereocenters. The SMILES string of the molecule is NNC(=O)c1cccc(C[SH](=O)=O)c1. The quantitative estimate of drug-likeness (QED) is 0.271. The minimum atomic E-state index is -2.48. The largest absolute Gasteiger partial charge is 0.290 e. The zero-order valence-corrected chi connectivity index (χ0v) is 8.16. The van der Waals surface area contributed by atoms with Crippen molar-refractivity contribution >= 4 is 16.6 Å². The molecule has 0 aliphatic carbocycles. The third-order valence-corrected chi connectivity index (χ3v) is 2.26. The molecule has 1 amide bonds. The number of hydrogen-bond acceptors (Lipinski definition) is 4. The topological polar surface area (TPSA) is 89.3 Å². The van der Waals surface area contributed by atoms with Gasteiger partial charge in [-0.2, -0.15) is 0 Å². The summed E-state index contributed by atoms with van der Waals surface area (Å²) in [6.07, 6.45) is 0. The first-order valence-electron chi connectivity index (χ1n) is 3.85. The number of rotatable bonds is 3. The third kappa shape index (κ3) is 2.82. The van der Waals surface area contributed by atoms with Gasteiger partial charge in [-0.3, -0.25) is 10.2 Å². The normalized spacial score (nSPS) is 10.1. The number of nitrogen functional groups attached to an aromatic ring is 1. The fourth-order valence-electron chi connectivity index (χ4n) is 1.04. The molecule has 5 nitrogen and oxygen atoms in total. The fraction of sp³-hybridized carbons (Fsp3) is 0.125. The van der Waals surface area contributed by atoms with Crippen LogP contribution in [0.25, 0.3) is 0 Å². The Morgan fingerprint density at radius 2 is 2.14 bits per heavy atom. The van der Waals surface area contributed by atoms with E-state index in [9.17, 15) is 13.2 Å². The highest BCUT2D eigenvalue weighted by Crippen LogP contribution is 2.05. The van der Waals surface area contributed by atoms with Crippen molar-refractivity contribution in [2.24, 2.45) is 5.84 Å². The lowest BCUT2D eigenvalue weighted by molar-refractivity contribution is 0.0953. The number of benzene rings is 1. The number of hydrazine groups is 1. The van der Waals surface area contributed by atoms with E-state index in [1.165, 1.54) is 6.07 Å². The van der Waals surface area contributed by atoms with Crippen molar-refractivity contribution in [2.45, 2.75) is 5.75 Å². The van der Waals surface area contributed by atoms with Gasteiger partial charge >= 0.3 is 0 Å². The maximum atomic E-state index is 11.1. The van der Waals surface area contributed by atoms with Crippen molar-refractivity contribution in [1.82, 2.24) is 5.43 Å². The van der Waals surface area contributed by atoms with Crippen LogP contribution in [0.3, 0.4) is 0 Å². The van der Waals surface area contributed by atoms with Gasteiger partial charge in [0.05, 0.1) is 5.75 Å². The summed E-state index contributed by atoms with van der Waals surface area (Å²) < 4.78 is 20.9. The van der Waals surface area contributed by atoms with Crippen LogP contribution in [0.1, 0.15) is 15.9 Å². The van der Waals surface area contributed by atoms with Gasteiger partial charge in [0.25, 0.3) is 5.91 Å². The number of amides is 1. The van der Waals surface area contributed by atoms with Crippen molar-refractivity contribution in [3.8, 4) is 0 Å². The molecular formula is C8H10N2O3S. The summed E-state index contributed by atoms with van der Waals surface area (Å²) in [6.45, 7) is 0. The highest BCUT2D eigenvalue weighted by molar-refractivity contribution is 7.71. The number of carbonyl (C=O) groups is 1. The monoisotopic (exact) mass is 214 g/mol. The van der Waals surface area contributed by atoms with Crippen molar-refractivity contribution < 1.29 is 13.2 Å². The molecule has 0 spiro atoms. The van der Waals surface area contributed by atoms with Crippen LogP contribution in [-0.2, 0) is 16.5 Å². The molecule has 0 aliphatic heterocycles. The van der Waals surface area contributed by atoms with E-state index < -0.39 is 16.6 Å². The Hall–Kier alpha value is -1.40. The average Bonchev–Trinajstić information content (AvgIpc) is 2.16. The molecule has 0 fully saturated rings. The Balaban J connectivity index is 2.94. The summed E-state index contributed by atoms with van der Waals surface area (Å²) in [5.74, 6) is 4.43. The summed E-state index contributed by atoms with van der Waals surface area (Å²) in [7, 11) is -2.48. The summed E-state index contributed by atoms with van der Waals surface area (Å²) >= 11 is 0. The Bertz CT molecular complexity index is 407. The predicted octanol–water partition coefficient (Wildman–Crippen LogP) is -0.599. The Kier molecular flexibility index (Phi) is 3.61. The van der Waals surface area contributed by atoms with Crippen molar-refractivity contribution in [1.29, 1.82) is 0 Å². The van der Waals surface area contributed by atoms with Crippen LogP contribution in [-0.4, -0.2) is 14.3 Å². The molecule has 6 heteroatoms. The van der Waals surface area contributed by atoms with Crippen LogP contribution < -0.4 is 11.3 Å². The van der Waals surface area contributed by atoms with Gasteiger partial charge in [-0.15, -0.1) is 0 Å². The molecule has 0 aliphatic rings. The fourth-order valence-corrected chi connectivity index (χ4v) is 1.54. The van der Waals surface area contributed by atoms with Crippen molar-refractivity contribution in [3.05, 3.63) is 35.4 Å². The molecule has 1 rings (SSSR count). The van der Waals surface area contributed by atoms with Crippen LogP contribution in [0.15, 0.2) is 24.3 Å². The number of nitrogens with two attached hydrogens (primary N) is 1. The first-order chi connectivity index (χ1) is 6.63. The van der Waals surface area contributed by atoms with Crippen LogP contribution in [0.2, 0.25) is 0 Å². The van der Waals surface area contributed by atoms with Crippen LogP contribution >= 0.6 is 0 Å². The van der Waals surface area contributed by atoms with Crippen LogP contribution in [0.5, 0.6) is 0 Å². The lowest BCUT2D eigenvalue weighted by atomic mass is 10.1. The lowest BCUT2D eigenvalue weighted by Crippen LogP contribution is -2.29. The predicted molar refractivity (Wildman–Crippen MR) is 52.1 cm³/mol. The molecule has 0 aromatic heterocycles. The summed E-state index contributed by atoms with van der Waals surface area (Å²) in [5.41, 5.74) is 2.89. The number of hydrogen-bond donors (Lipinski definition) is 3. The molecule has 0 radical (unpaired) electrons. The van der Waals surface area contributed by atoms with E-state index in [2.05, 4.69) is 0 Å². The first kappa shape index (κ1) is 10.7. The highest BCUT2D eigenvalue weighted by Gasteiger charge is 2.03. The zero-order chi connectivity index (χ0) is 10.6. The smallest absolute Gasteiger partial charge is 0.265 e. The Morgan fingerprint density at radius 1 is 1.43 bits per heavy atom. The molecule has 0 bridgehead atoms. The van der Waals surface area contributed by atoms with Gasteiger partial charge < -0.3 is 0 Å². The van der Waals surface area contributed by atoms with Gasteiger partial charge in [0.1, 0.15) is 10.7 Å². The summed E-state index contributed by atoms with van der Waals surface area (Å²) in [6, 6.07) is 6.30. The number of thiol groups is 1. The van der Waals surface area contributed by atoms with E-state index in [0.29, 0.717) is 11.1 Å². The summed E-state index contributed by atoms with van der Waals surface area (Å²) in [5, 5.41) is 0. The minimum absolute atomic E-state index is 0.0684. The van der Waals surface area contributed by atoms with Gasteiger partial charge in [0.2, 0.25) is 0 Å². The molecule has 14 heavy (non-hydrogen) atoms. The van der Waals surface area contributed by atoms with E-state index in [1.54, 1.807) is 18.2 Å². The van der Waals surface area contributed by atoms with Gasteiger partial charge in [0, 0.05) is 5.56 Å². The number of nitrogens with one attached hydrogen (secondary N) is 1. The average molecular weight is 214 g/mol. The van der Waals surface area contributed by atoms with Gasteiger partial charge in [0.15, 0.2) is 0 Å². The highest BCUT2D eigenvalue weighted by atomic mass is 32.2. The molecule has 0 heterocycles. The Labute approximate surface area is 82.8 Å². The maximum absolute atomic E-state index is 11.1. The van der Waals surface area contributed by atoms with Crippen molar-refractivity contribution in [2.75, 3.05) is 0 Å². The minimum Gasteiger partial charge on any atom is -0.290 e. The second kappa shape index (κ2) is 4.73. The molecule has 76 valence electrons. The van der Waals surface area contributed by atoms with E-state index >= 15 is 0 Å². The van der Waals surface area contributed by atoms with Crippen LogP contribution in [0, 0.1) is 0 Å². The molecule has 0 saturated carbocycles. The van der Waals surface area contributed by atoms with E-state index in [-0.39, 0.29) is 5.75 Å². The van der Waals surface area contributed by atoms with E-state index in [1.807, 2.05) is 5.43 Å². The summed E-state index contributed by atoms with van der Waals surface area (Å²) in [4.78, 5) is 11.1. The van der Waals surface area contributed by atoms with Crippen molar-refractivity contribution in [3.63, 3.8) is 0 Å². The molecule has 3 N–H and O–H groups in total. The van der Waals surface area contributed by atoms with Gasteiger partial charge in [-0.25, -0.2) is 14.3 Å². The Morgan fingerprint density at radius 3 is 2.71 bits per heavy atom. The van der Waals surface area contributed by atoms with Gasteiger partial charge in [-0.05, 0) is 17.7 Å².